The summed E-state index contributed by atoms with van der Waals surface area (Å²) in [7, 11) is 0. The van der Waals surface area contributed by atoms with Gasteiger partial charge in [0.1, 0.15) is 6.10 Å². The highest BCUT2D eigenvalue weighted by molar-refractivity contribution is 9.09. The molecule has 1 aliphatic heterocycles. The monoisotopic (exact) mass is 289 g/mol. The molecule has 0 aromatic rings. The lowest BCUT2D eigenvalue weighted by molar-refractivity contribution is -0.130. The maximum atomic E-state index is 11.7. The molecular weight excluding hydrogens is 270 g/mol. The summed E-state index contributed by atoms with van der Waals surface area (Å²) in [5, 5.41) is 4.11. The summed E-state index contributed by atoms with van der Waals surface area (Å²) in [5.41, 5.74) is 0. The van der Waals surface area contributed by atoms with Crippen LogP contribution in [0, 0.1) is 11.8 Å². The number of alkyl halides is 1. The van der Waals surface area contributed by atoms with Crippen molar-refractivity contribution >= 4 is 21.8 Å². The fourth-order valence-corrected chi connectivity index (χ4v) is 3.57. The number of hydrogen-bond acceptors (Lipinski definition) is 2. The Bertz CT molecular complexity index is 241. The summed E-state index contributed by atoms with van der Waals surface area (Å²) >= 11 is 3.55. The summed E-state index contributed by atoms with van der Waals surface area (Å²) in [4.78, 5) is 11.7. The van der Waals surface area contributed by atoms with E-state index < -0.39 is 0 Å². The first-order valence-electron chi connectivity index (χ1n) is 6.26. The molecule has 1 aliphatic carbocycles. The Morgan fingerprint density at radius 2 is 2.06 bits per heavy atom. The zero-order valence-electron chi connectivity index (χ0n) is 9.58. The minimum absolute atomic E-state index is 0.0951. The van der Waals surface area contributed by atoms with Gasteiger partial charge >= 0.3 is 0 Å². The average Bonchev–Trinajstić information content (AvgIpc) is 2.96. The average molecular weight is 290 g/mol. The SMILES string of the molecule is O=C(NCC1CCCC1CBr)C1CCCO1. The zero-order valence-corrected chi connectivity index (χ0v) is 11.2. The Labute approximate surface area is 105 Å². The molecule has 3 unspecified atom stereocenters. The number of halogens is 1. The van der Waals surface area contributed by atoms with Crippen LogP contribution in [-0.2, 0) is 9.53 Å². The first-order chi connectivity index (χ1) is 7.81. The van der Waals surface area contributed by atoms with Crippen LogP contribution in [0.1, 0.15) is 32.1 Å². The molecule has 2 fully saturated rings. The molecule has 0 aromatic carbocycles. The van der Waals surface area contributed by atoms with Crippen LogP contribution in [0.2, 0.25) is 0 Å². The third kappa shape index (κ3) is 2.98. The van der Waals surface area contributed by atoms with Crippen LogP contribution in [0.4, 0.5) is 0 Å². The van der Waals surface area contributed by atoms with Crippen LogP contribution in [-0.4, -0.2) is 30.5 Å². The van der Waals surface area contributed by atoms with Gasteiger partial charge in [0, 0.05) is 18.5 Å². The van der Waals surface area contributed by atoms with Crippen LogP contribution >= 0.6 is 15.9 Å². The van der Waals surface area contributed by atoms with E-state index in [1.54, 1.807) is 0 Å². The number of rotatable bonds is 4. The van der Waals surface area contributed by atoms with Crippen molar-refractivity contribution in [1.82, 2.24) is 5.32 Å². The highest BCUT2D eigenvalue weighted by Crippen LogP contribution is 2.32. The molecule has 0 radical (unpaired) electrons. The van der Waals surface area contributed by atoms with Crippen molar-refractivity contribution in [3.8, 4) is 0 Å². The number of hydrogen-bond donors (Lipinski definition) is 1. The molecule has 3 atom stereocenters. The molecule has 3 nitrogen and oxygen atoms in total. The van der Waals surface area contributed by atoms with E-state index >= 15 is 0 Å². The van der Waals surface area contributed by atoms with Gasteiger partial charge in [-0.2, -0.15) is 0 Å². The molecule has 1 heterocycles. The Kier molecular flexibility index (Phi) is 4.65. The first kappa shape index (κ1) is 12.4. The second-order valence-corrected chi connectivity index (χ2v) is 5.50. The van der Waals surface area contributed by atoms with E-state index in [0.29, 0.717) is 5.92 Å². The lowest BCUT2D eigenvalue weighted by Crippen LogP contribution is -2.38. The van der Waals surface area contributed by atoms with Crippen LogP contribution in [0.3, 0.4) is 0 Å². The summed E-state index contributed by atoms with van der Waals surface area (Å²) < 4.78 is 5.36. The molecular formula is C12H20BrNO2. The summed E-state index contributed by atoms with van der Waals surface area (Å²) in [6, 6.07) is 0. The molecule has 0 spiro atoms. The quantitative estimate of drug-likeness (QED) is 0.805. The van der Waals surface area contributed by atoms with E-state index in [0.717, 1.165) is 37.2 Å². The fourth-order valence-electron chi connectivity index (χ4n) is 2.72. The third-order valence-electron chi connectivity index (χ3n) is 3.78. The van der Waals surface area contributed by atoms with Crippen molar-refractivity contribution in [3.63, 3.8) is 0 Å². The molecule has 1 saturated carbocycles. The number of amides is 1. The van der Waals surface area contributed by atoms with E-state index in [1.807, 2.05) is 0 Å². The number of carbonyl (C=O) groups is 1. The van der Waals surface area contributed by atoms with Gasteiger partial charge in [-0.15, -0.1) is 0 Å². The smallest absolute Gasteiger partial charge is 0.249 e. The van der Waals surface area contributed by atoms with Gasteiger partial charge in [-0.1, -0.05) is 22.4 Å². The Hall–Kier alpha value is -0.0900. The van der Waals surface area contributed by atoms with E-state index in [2.05, 4.69) is 21.2 Å². The van der Waals surface area contributed by atoms with E-state index in [4.69, 9.17) is 4.74 Å². The minimum Gasteiger partial charge on any atom is -0.368 e. The van der Waals surface area contributed by atoms with Crippen LogP contribution in [0.25, 0.3) is 0 Å². The molecule has 0 aromatic heterocycles. The predicted octanol–water partition coefficient (Wildman–Crippen LogP) is 2.09. The van der Waals surface area contributed by atoms with Crippen molar-refractivity contribution in [2.45, 2.75) is 38.2 Å². The van der Waals surface area contributed by atoms with E-state index in [9.17, 15) is 4.79 Å². The van der Waals surface area contributed by atoms with Gasteiger partial charge in [0.05, 0.1) is 0 Å². The lowest BCUT2D eigenvalue weighted by atomic mass is 9.98. The van der Waals surface area contributed by atoms with Crippen LogP contribution in [0.5, 0.6) is 0 Å². The lowest BCUT2D eigenvalue weighted by Gasteiger charge is -2.19. The number of ether oxygens (including phenoxy) is 1. The molecule has 92 valence electrons. The molecule has 16 heavy (non-hydrogen) atoms. The van der Waals surface area contributed by atoms with Gasteiger partial charge < -0.3 is 10.1 Å². The molecule has 1 N–H and O–H groups in total. The van der Waals surface area contributed by atoms with Crippen molar-refractivity contribution in [2.24, 2.45) is 11.8 Å². The maximum Gasteiger partial charge on any atom is 0.249 e. The Morgan fingerprint density at radius 3 is 2.75 bits per heavy atom. The van der Waals surface area contributed by atoms with E-state index in [1.165, 1.54) is 19.3 Å². The standard InChI is InChI=1S/C12H20BrNO2/c13-7-9-3-1-4-10(9)8-14-12(15)11-5-2-6-16-11/h9-11H,1-8H2,(H,14,15). The highest BCUT2D eigenvalue weighted by atomic mass is 79.9. The molecule has 2 rings (SSSR count). The second-order valence-electron chi connectivity index (χ2n) is 4.85. The minimum atomic E-state index is -0.177. The van der Waals surface area contributed by atoms with Gasteiger partial charge in [0.15, 0.2) is 0 Å². The van der Waals surface area contributed by atoms with Gasteiger partial charge in [-0.3, -0.25) is 4.79 Å². The third-order valence-corrected chi connectivity index (χ3v) is 4.61. The van der Waals surface area contributed by atoms with Crippen LogP contribution in [0.15, 0.2) is 0 Å². The van der Waals surface area contributed by atoms with Gasteiger partial charge in [0.25, 0.3) is 0 Å². The molecule has 1 saturated heterocycles. The molecule has 0 bridgehead atoms. The normalized spacial score (nSPS) is 34.2. The Balaban J connectivity index is 1.71. The van der Waals surface area contributed by atoms with Crippen molar-refractivity contribution in [2.75, 3.05) is 18.5 Å². The van der Waals surface area contributed by atoms with Gasteiger partial charge in [0.2, 0.25) is 5.91 Å². The summed E-state index contributed by atoms with van der Waals surface area (Å²) in [6.07, 6.45) is 5.58. The highest BCUT2D eigenvalue weighted by Gasteiger charge is 2.28. The van der Waals surface area contributed by atoms with Crippen molar-refractivity contribution in [1.29, 1.82) is 0 Å². The zero-order chi connectivity index (χ0) is 11.4. The summed E-state index contributed by atoms with van der Waals surface area (Å²) in [6.45, 7) is 1.57. The van der Waals surface area contributed by atoms with Crippen molar-refractivity contribution < 1.29 is 9.53 Å². The van der Waals surface area contributed by atoms with Crippen LogP contribution < -0.4 is 5.32 Å². The van der Waals surface area contributed by atoms with E-state index in [-0.39, 0.29) is 12.0 Å². The Morgan fingerprint density at radius 1 is 1.25 bits per heavy atom. The van der Waals surface area contributed by atoms with Crippen molar-refractivity contribution in [3.05, 3.63) is 0 Å². The summed E-state index contributed by atoms with van der Waals surface area (Å²) in [5.74, 6) is 1.49. The molecule has 4 heteroatoms. The number of carbonyl (C=O) groups excluding carboxylic acids is 1. The fraction of sp³-hybridized carbons (Fsp3) is 0.917. The van der Waals surface area contributed by atoms with Gasteiger partial charge in [-0.05, 0) is 37.5 Å². The number of nitrogens with one attached hydrogen (secondary N) is 1. The van der Waals surface area contributed by atoms with Gasteiger partial charge in [-0.25, -0.2) is 0 Å². The molecule has 1 amide bonds. The first-order valence-corrected chi connectivity index (χ1v) is 7.38. The topological polar surface area (TPSA) is 38.3 Å². The largest absolute Gasteiger partial charge is 0.368 e. The maximum absolute atomic E-state index is 11.7. The molecule has 2 aliphatic rings. The predicted molar refractivity (Wildman–Crippen MR) is 66.6 cm³/mol. The second kappa shape index (κ2) is 6.01.